The molecule has 0 radical (unpaired) electrons. The van der Waals surface area contributed by atoms with Gasteiger partial charge in [-0.25, -0.2) is 4.98 Å². The summed E-state index contributed by atoms with van der Waals surface area (Å²) in [4.78, 5) is 3.88. The molecule has 1 heterocycles. The second-order valence-electron chi connectivity index (χ2n) is 2.77. The predicted octanol–water partition coefficient (Wildman–Crippen LogP) is 1.24. The summed E-state index contributed by atoms with van der Waals surface area (Å²) in [6.45, 7) is 4.61. The summed E-state index contributed by atoms with van der Waals surface area (Å²) in [6.07, 6.45) is 4.74. The highest BCUT2D eigenvalue weighted by Gasteiger charge is 2.00. The molecule has 0 aromatic carbocycles. The number of nitrogens with zero attached hydrogens (tertiary/aromatic N) is 2. The molecule has 1 aromatic rings. The van der Waals surface area contributed by atoms with Gasteiger partial charge in [0.2, 0.25) is 5.95 Å². The standard InChI is InChI=1S/C8H15N3O/c1-3-7(2)12-6-11-5-4-10-8(11)9/h4-5,7H,3,6H2,1-2H3,(H2,9,10). The Bertz CT molecular complexity index is 234. The Morgan fingerprint density at radius 1 is 1.75 bits per heavy atom. The third kappa shape index (κ3) is 2.23. The van der Waals surface area contributed by atoms with Gasteiger partial charge in [-0.3, -0.25) is 4.57 Å². The molecule has 0 fully saturated rings. The Morgan fingerprint density at radius 2 is 2.50 bits per heavy atom. The van der Waals surface area contributed by atoms with Crippen LogP contribution in [0.25, 0.3) is 0 Å². The van der Waals surface area contributed by atoms with Crippen molar-refractivity contribution in [3.05, 3.63) is 12.4 Å². The van der Waals surface area contributed by atoms with Gasteiger partial charge in [-0.2, -0.15) is 0 Å². The molecule has 0 amide bonds. The van der Waals surface area contributed by atoms with Crippen LogP contribution < -0.4 is 5.73 Å². The fourth-order valence-electron chi connectivity index (χ4n) is 0.775. The Hall–Kier alpha value is -1.03. The largest absolute Gasteiger partial charge is 0.369 e. The molecule has 0 saturated heterocycles. The fraction of sp³-hybridized carbons (Fsp3) is 0.625. The van der Waals surface area contributed by atoms with Gasteiger partial charge in [-0.1, -0.05) is 6.92 Å². The van der Waals surface area contributed by atoms with Crippen LogP contribution in [0.5, 0.6) is 0 Å². The average Bonchev–Trinajstić information content (AvgIpc) is 2.47. The summed E-state index contributed by atoms with van der Waals surface area (Å²) in [6, 6.07) is 0. The third-order valence-electron chi connectivity index (χ3n) is 1.82. The minimum absolute atomic E-state index is 0.270. The Balaban J connectivity index is 2.38. The third-order valence-corrected chi connectivity index (χ3v) is 1.82. The van der Waals surface area contributed by atoms with Crippen molar-refractivity contribution in [2.45, 2.75) is 33.1 Å². The maximum atomic E-state index is 5.54. The van der Waals surface area contributed by atoms with Gasteiger partial charge in [-0.05, 0) is 13.3 Å². The van der Waals surface area contributed by atoms with E-state index in [0.29, 0.717) is 12.7 Å². The summed E-state index contributed by atoms with van der Waals surface area (Å²) < 4.78 is 7.23. The van der Waals surface area contributed by atoms with Crippen molar-refractivity contribution in [1.29, 1.82) is 0 Å². The number of hydrogen-bond donors (Lipinski definition) is 1. The Kier molecular flexibility index (Phi) is 3.10. The van der Waals surface area contributed by atoms with E-state index < -0.39 is 0 Å². The van der Waals surface area contributed by atoms with Crippen LogP contribution in [0, 0.1) is 0 Å². The first-order valence-electron chi connectivity index (χ1n) is 4.12. The van der Waals surface area contributed by atoms with Crippen LogP contribution >= 0.6 is 0 Å². The van der Waals surface area contributed by atoms with E-state index >= 15 is 0 Å². The molecule has 1 atom stereocenters. The van der Waals surface area contributed by atoms with Crippen LogP contribution in [-0.4, -0.2) is 15.7 Å². The van der Waals surface area contributed by atoms with Gasteiger partial charge in [0, 0.05) is 12.4 Å². The molecule has 0 aliphatic heterocycles. The number of nitrogens with two attached hydrogens (primary N) is 1. The predicted molar refractivity (Wildman–Crippen MR) is 47.5 cm³/mol. The van der Waals surface area contributed by atoms with Gasteiger partial charge in [-0.15, -0.1) is 0 Å². The van der Waals surface area contributed by atoms with Gasteiger partial charge in [0.1, 0.15) is 6.73 Å². The van der Waals surface area contributed by atoms with Gasteiger partial charge >= 0.3 is 0 Å². The Morgan fingerprint density at radius 3 is 3.00 bits per heavy atom. The van der Waals surface area contributed by atoms with Crippen LogP contribution in [0.15, 0.2) is 12.4 Å². The van der Waals surface area contributed by atoms with Crippen molar-refractivity contribution in [1.82, 2.24) is 9.55 Å². The number of nitrogen functional groups attached to an aromatic ring is 1. The average molecular weight is 169 g/mol. The second-order valence-corrected chi connectivity index (χ2v) is 2.77. The number of hydrogen-bond acceptors (Lipinski definition) is 3. The van der Waals surface area contributed by atoms with E-state index in [1.165, 1.54) is 0 Å². The van der Waals surface area contributed by atoms with Gasteiger partial charge < -0.3 is 10.5 Å². The molecule has 1 aromatic heterocycles. The minimum Gasteiger partial charge on any atom is -0.369 e. The first kappa shape index (κ1) is 9.06. The summed E-state index contributed by atoms with van der Waals surface area (Å²) in [5.74, 6) is 0.498. The van der Waals surface area contributed by atoms with Gasteiger partial charge in [0.05, 0.1) is 6.10 Å². The van der Waals surface area contributed by atoms with Crippen molar-refractivity contribution < 1.29 is 4.74 Å². The van der Waals surface area contributed by atoms with E-state index in [1.807, 2.05) is 6.92 Å². The lowest BCUT2D eigenvalue weighted by molar-refractivity contribution is 0.0171. The van der Waals surface area contributed by atoms with Crippen molar-refractivity contribution in [2.24, 2.45) is 0 Å². The lowest BCUT2D eigenvalue weighted by atomic mass is 10.3. The van der Waals surface area contributed by atoms with Crippen LogP contribution in [-0.2, 0) is 11.5 Å². The lowest BCUT2D eigenvalue weighted by Gasteiger charge is -2.11. The molecule has 0 saturated carbocycles. The first-order valence-corrected chi connectivity index (χ1v) is 4.12. The van der Waals surface area contributed by atoms with E-state index in [-0.39, 0.29) is 6.10 Å². The minimum atomic E-state index is 0.270. The summed E-state index contributed by atoms with van der Waals surface area (Å²) in [7, 11) is 0. The quantitative estimate of drug-likeness (QED) is 0.737. The van der Waals surface area contributed by atoms with Crippen LogP contribution in [0.3, 0.4) is 0 Å². The molecule has 0 bridgehead atoms. The molecular formula is C8H15N3O. The van der Waals surface area contributed by atoms with E-state index in [2.05, 4.69) is 11.9 Å². The summed E-state index contributed by atoms with van der Waals surface area (Å²) in [5.41, 5.74) is 5.54. The molecule has 2 N–H and O–H groups in total. The number of aromatic nitrogens is 2. The molecule has 4 heteroatoms. The summed E-state index contributed by atoms with van der Waals surface area (Å²) >= 11 is 0. The normalized spacial score (nSPS) is 13.2. The zero-order valence-corrected chi connectivity index (χ0v) is 7.53. The highest BCUT2D eigenvalue weighted by molar-refractivity contribution is 5.15. The van der Waals surface area contributed by atoms with Gasteiger partial charge in [0.15, 0.2) is 0 Å². The SMILES string of the molecule is CCC(C)OCn1ccnc1N. The van der Waals surface area contributed by atoms with Crippen LogP contribution in [0.1, 0.15) is 20.3 Å². The molecule has 1 rings (SSSR count). The number of ether oxygens (including phenoxy) is 1. The lowest BCUT2D eigenvalue weighted by Crippen LogP contribution is -2.11. The number of rotatable bonds is 4. The zero-order chi connectivity index (χ0) is 8.97. The molecule has 4 nitrogen and oxygen atoms in total. The van der Waals surface area contributed by atoms with E-state index in [4.69, 9.17) is 10.5 Å². The molecule has 0 spiro atoms. The van der Waals surface area contributed by atoms with E-state index in [0.717, 1.165) is 6.42 Å². The van der Waals surface area contributed by atoms with Gasteiger partial charge in [0.25, 0.3) is 0 Å². The fourth-order valence-corrected chi connectivity index (χ4v) is 0.775. The second kappa shape index (κ2) is 4.11. The van der Waals surface area contributed by atoms with E-state index in [1.54, 1.807) is 17.0 Å². The highest BCUT2D eigenvalue weighted by atomic mass is 16.5. The van der Waals surface area contributed by atoms with E-state index in [9.17, 15) is 0 Å². The number of imidazole rings is 1. The van der Waals surface area contributed by atoms with Crippen molar-refractivity contribution in [2.75, 3.05) is 5.73 Å². The molecule has 0 aliphatic carbocycles. The highest BCUT2D eigenvalue weighted by Crippen LogP contribution is 2.02. The molecular weight excluding hydrogens is 154 g/mol. The zero-order valence-electron chi connectivity index (χ0n) is 7.53. The monoisotopic (exact) mass is 169 g/mol. The maximum absolute atomic E-state index is 5.54. The van der Waals surface area contributed by atoms with Crippen molar-refractivity contribution in [3.8, 4) is 0 Å². The molecule has 68 valence electrons. The Labute approximate surface area is 72.3 Å². The first-order chi connectivity index (χ1) is 5.74. The maximum Gasteiger partial charge on any atom is 0.202 e. The molecule has 1 unspecified atom stereocenters. The van der Waals surface area contributed by atoms with Crippen molar-refractivity contribution in [3.63, 3.8) is 0 Å². The smallest absolute Gasteiger partial charge is 0.202 e. The number of anilines is 1. The van der Waals surface area contributed by atoms with Crippen LogP contribution in [0.4, 0.5) is 5.95 Å². The van der Waals surface area contributed by atoms with Crippen molar-refractivity contribution >= 4 is 5.95 Å². The van der Waals surface area contributed by atoms with Crippen LogP contribution in [0.2, 0.25) is 0 Å². The molecule has 0 aliphatic rings. The summed E-state index contributed by atoms with van der Waals surface area (Å²) in [5, 5.41) is 0. The molecule has 12 heavy (non-hydrogen) atoms. The topological polar surface area (TPSA) is 53.1 Å².